The summed E-state index contributed by atoms with van der Waals surface area (Å²) in [5.41, 5.74) is 1.64. The minimum atomic E-state index is 0.532. The van der Waals surface area contributed by atoms with Gasteiger partial charge in [-0.05, 0) is 43.7 Å². The molecule has 2 rings (SSSR count). The van der Waals surface area contributed by atoms with Gasteiger partial charge >= 0.3 is 0 Å². The molecule has 1 N–H and O–H groups in total. The molecule has 0 radical (unpaired) electrons. The Morgan fingerprint density at radius 1 is 1.32 bits per heavy atom. The Morgan fingerprint density at radius 3 is 2.63 bits per heavy atom. The van der Waals surface area contributed by atoms with Crippen molar-refractivity contribution in [3.63, 3.8) is 0 Å². The van der Waals surface area contributed by atoms with Crippen LogP contribution in [0, 0.1) is 17.2 Å². The van der Waals surface area contributed by atoms with Gasteiger partial charge in [0.1, 0.15) is 5.75 Å². The molecule has 0 bridgehead atoms. The van der Waals surface area contributed by atoms with Crippen molar-refractivity contribution in [2.24, 2.45) is 5.92 Å². The molecule has 0 atom stereocenters. The van der Waals surface area contributed by atoms with Crippen molar-refractivity contribution in [3.05, 3.63) is 23.8 Å². The van der Waals surface area contributed by atoms with Crippen LogP contribution in [0.1, 0.15) is 44.6 Å². The number of nitriles is 1. The highest BCUT2D eigenvalue weighted by atomic mass is 16.5. The van der Waals surface area contributed by atoms with Gasteiger partial charge in [-0.15, -0.1) is 0 Å². The van der Waals surface area contributed by atoms with Crippen molar-refractivity contribution < 1.29 is 4.74 Å². The van der Waals surface area contributed by atoms with E-state index in [4.69, 9.17) is 10.00 Å². The van der Waals surface area contributed by atoms with E-state index >= 15 is 0 Å². The lowest BCUT2D eigenvalue weighted by molar-refractivity contribution is 0.329. The third-order valence-corrected chi connectivity index (χ3v) is 4.11. The Kier molecular flexibility index (Phi) is 4.68. The number of anilines is 1. The van der Waals surface area contributed by atoms with Gasteiger partial charge in [0.15, 0.2) is 0 Å². The number of nitrogens with one attached hydrogen (secondary N) is 1. The number of methoxy groups -OCH3 is 1. The number of hydrogen-bond donors (Lipinski definition) is 1. The maximum absolute atomic E-state index is 8.90. The predicted octanol–water partition coefficient (Wildman–Crippen LogP) is 3.95. The molecular formula is C16H22N2O. The maximum Gasteiger partial charge on any atom is 0.143 e. The second-order valence-electron chi connectivity index (χ2n) is 5.30. The summed E-state index contributed by atoms with van der Waals surface area (Å²) in [5.74, 6) is 1.66. The number of nitrogens with zero attached hydrogens (tertiary/aromatic N) is 1. The molecule has 1 saturated carbocycles. The molecule has 0 amide bonds. The van der Waals surface area contributed by atoms with Crippen LogP contribution >= 0.6 is 0 Å². The molecule has 1 fully saturated rings. The van der Waals surface area contributed by atoms with Crippen LogP contribution in [-0.2, 0) is 0 Å². The van der Waals surface area contributed by atoms with E-state index < -0.39 is 0 Å². The summed E-state index contributed by atoms with van der Waals surface area (Å²) in [6.07, 6.45) is 6.37. The molecule has 19 heavy (non-hydrogen) atoms. The fourth-order valence-corrected chi connectivity index (χ4v) is 2.81. The molecule has 3 heteroatoms. The van der Waals surface area contributed by atoms with Gasteiger partial charge in [0.25, 0.3) is 0 Å². The van der Waals surface area contributed by atoms with Gasteiger partial charge < -0.3 is 10.1 Å². The van der Waals surface area contributed by atoms with E-state index in [0.29, 0.717) is 11.6 Å². The minimum Gasteiger partial charge on any atom is -0.495 e. The van der Waals surface area contributed by atoms with Crippen LogP contribution in [0.2, 0.25) is 0 Å². The molecular weight excluding hydrogens is 236 g/mol. The zero-order valence-electron chi connectivity index (χ0n) is 11.8. The first-order valence-electron chi connectivity index (χ1n) is 7.11. The van der Waals surface area contributed by atoms with Crippen LogP contribution in [0.5, 0.6) is 5.75 Å². The summed E-state index contributed by atoms with van der Waals surface area (Å²) >= 11 is 0. The highest BCUT2D eigenvalue weighted by Crippen LogP contribution is 2.31. The van der Waals surface area contributed by atoms with E-state index in [1.807, 2.05) is 12.1 Å². The molecule has 0 unspecified atom stereocenters. The van der Waals surface area contributed by atoms with Gasteiger partial charge in [0.05, 0.1) is 24.4 Å². The summed E-state index contributed by atoms with van der Waals surface area (Å²) in [6.45, 7) is 2.28. The molecule has 1 aliphatic carbocycles. The Balaban J connectivity index is 2.01. The highest BCUT2D eigenvalue weighted by molar-refractivity contribution is 5.59. The van der Waals surface area contributed by atoms with Gasteiger partial charge in [-0.1, -0.05) is 13.3 Å². The van der Waals surface area contributed by atoms with Crippen molar-refractivity contribution in [3.8, 4) is 11.8 Å². The quantitative estimate of drug-likeness (QED) is 0.889. The van der Waals surface area contributed by atoms with E-state index in [9.17, 15) is 0 Å². The van der Waals surface area contributed by atoms with Crippen LogP contribution in [0.3, 0.4) is 0 Å². The molecule has 1 aliphatic rings. The van der Waals surface area contributed by atoms with E-state index in [2.05, 4.69) is 18.3 Å². The lowest BCUT2D eigenvalue weighted by atomic mass is 9.84. The number of ether oxygens (including phenoxy) is 1. The summed E-state index contributed by atoms with van der Waals surface area (Å²) in [4.78, 5) is 0. The first-order chi connectivity index (χ1) is 9.26. The van der Waals surface area contributed by atoms with E-state index in [1.165, 1.54) is 32.1 Å². The first-order valence-corrected chi connectivity index (χ1v) is 7.11. The molecule has 0 saturated heterocycles. The van der Waals surface area contributed by atoms with Crippen molar-refractivity contribution >= 4 is 5.69 Å². The van der Waals surface area contributed by atoms with Crippen molar-refractivity contribution in [1.82, 2.24) is 0 Å². The smallest absolute Gasteiger partial charge is 0.143 e. The van der Waals surface area contributed by atoms with Gasteiger partial charge in [-0.3, -0.25) is 0 Å². The standard InChI is InChI=1S/C16H22N2O/c1-3-12-4-7-14(8-5-12)18-15-9-6-13(11-17)10-16(15)19-2/h6,9-10,12,14,18H,3-5,7-8H2,1-2H3. The van der Waals surface area contributed by atoms with Crippen molar-refractivity contribution in [1.29, 1.82) is 5.26 Å². The third kappa shape index (κ3) is 3.41. The van der Waals surface area contributed by atoms with Crippen LogP contribution < -0.4 is 10.1 Å². The summed E-state index contributed by atoms with van der Waals surface area (Å²) in [5, 5.41) is 12.5. The number of benzene rings is 1. The Labute approximate surface area is 115 Å². The fraction of sp³-hybridized carbons (Fsp3) is 0.562. The largest absolute Gasteiger partial charge is 0.495 e. The van der Waals surface area contributed by atoms with Crippen LogP contribution in [0.25, 0.3) is 0 Å². The van der Waals surface area contributed by atoms with Gasteiger partial charge in [-0.25, -0.2) is 0 Å². The second kappa shape index (κ2) is 6.47. The van der Waals surface area contributed by atoms with Gasteiger partial charge in [0.2, 0.25) is 0 Å². The van der Waals surface area contributed by atoms with Crippen LogP contribution in [-0.4, -0.2) is 13.2 Å². The summed E-state index contributed by atoms with van der Waals surface area (Å²) < 4.78 is 5.36. The molecule has 3 nitrogen and oxygen atoms in total. The van der Waals surface area contributed by atoms with Gasteiger partial charge in [-0.2, -0.15) is 5.26 Å². The first kappa shape index (κ1) is 13.7. The van der Waals surface area contributed by atoms with Crippen molar-refractivity contribution in [2.75, 3.05) is 12.4 Å². The summed E-state index contributed by atoms with van der Waals surface area (Å²) in [7, 11) is 1.65. The molecule has 1 aromatic rings. The zero-order chi connectivity index (χ0) is 13.7. The molecule has 0 aliphatic heterocycles. The minimum absolute atomic E-state index is 0.532. The van der Waals surface area contributed by atoms with Crippen LogP contribution in [0.4, 0.5) is 5.69 Å². The normalized spacial score (nSPS) is 22.6. The number of hydrogen-bond acceptors (Lipinski definition) is 3. The Bertz CT molecular complexity index is 456. The Morgan fingerprint density at radius 2 is 2.05 bits per heavy atom. The summed E-state index contributed by atoms with van der Waals surface area (Å²) in [6, 6.07) is 8.25. The average Bonchev–Trinajstić information content (AvgIpc) is 2.48. The van der Waals surface area contributed by atoms with E-state index in [0.717, 1.165) is 17.4 Å². The monoisotopic (exact) mass is 258 g/mol. The zero-order valence-corrected chi connectivity index (χ0v) is 11.8. The topological polar surface area (TPSA) is 45.0 Å². The second-order valence-corrected chi connectivity index (χ2v) is 5.30. The predicted molar refractivity (Wildman–Crippen MR) is 77.4 cm³/mol. The third-order valence-electron chi connectivity index (χ3n) is 4.11. The number of rotatable bonds is 4. The molecule has 0 spiro atoms. The molecule has 1 aromatic carbocycles. The van der Waals surface area contributed by atoms with Gasteiger partial charge in [0, 0.05) is 12.1 Å². The van der Waals surface area contributed by atoms with Crippen molar-refractivity contribution in [2.45, 2.75) is 45.1 Å². The van der Waals surface area contributed by atoms with E-state index in [1.54, 1.807) is 13.2 Å². The molecule has 0 aromatic heterocycles. The average molecular weight is 258 g/mol. The van der Waals surface area contributed by atoms with Crippen LogP contribution in [0.15, 0.2) is 18.2 Å². The lowest BCUT2D eigenvalue weighted by Gasteiger charge is -2.29. The molecule has 102 valence electrons. The van der Waals surface area contributed by atoms with E-state index in [-0.39, 0.29) is 0 Å². The Hall–Kier alpha value is -1.69. The fourth-order valence-electron chi connectivity index (χ4n) is 2.81. The maximum atomic E-state index is 8.90. The SMILES string of the molecule is CCC1CCC(Nc2ccc(C#N)cc2OC)CC1. The molecule has 0 heterocycles. The highest BCUT2D eigenvalue weighted by Gasteiger charge is 2.20. The lowest BCUT2D eigenvalue weighted by Crippen LogP contribution is -2.26.